The van der Waals surface area contributed by atoms with E-state index in [0.29, 0.717) is 0 Å². The molecule has 0 heterocycles. The van der Waals surface area contributed by atoms with Crippen LogP contribution in [0.25, 0.3) is 0 Å². The molecule has 0 bridgehead atoms. The molecule has 0 saturated carbocycles. The number of aliphatic hydroxyl groups excluding tert-OH is 1. The summed E-state index contributed by atoms with van der Waals surface area (Å²) in [5.41, 5.74) is 0. The van der Waals surface area contributed by atoms with Gasteiger partial charge in [-0.25, -0.2) is 4.79 Å². The van der Waals surface area contributed by atoms with Crippen molar-refractivity contribution in [3.8, 4) is 0 Å². The van der Waals surface area contributed by atoms with Gasteiger partial charge < -0.3 is 10.2 Å². The van der Waals surface area contributed by atoms with Gasteiger partial charge in [0, 0.05) is 12.8 Å². The van der Waals surface area contributed by atoms with E-state index in [2.05, 4.69) is 0 Å². The Morgan fingerprint density at radius 1 is 0.710 bits per heavy atom. The Bertz CT molecular complexity index is 718. The summed E-state index contributed by atoms with van der Waals surface area (Å²) in [5, 5.41) is 13.0. The monoisotopic (exact) mass is 510 g/mol. The quantitative estimate of drug-likeness (QED) is 0.363. The minimum atomic E-state index is -8.08. The molecule has 0 saturated heterocycles. The summed E-state index contributed by atoms with van der Waals surface area (Å²) in [6.45, 7) is 0. The van der Waals surface area contributed by atoms with Gasteiger partial charge in [-0.15, -0.1) is 0 Å². The summed E-state index contributed by atoms with van der Waals surface area (Å²) in [6.07, 6.45) is -15.4. The highest BCUT2D eigenvalue weighted by molar-refractivity contribution is 8.26. The van der Waals surface area contributed by atoms with Crippen molar-refractivity contribution in [1.29, 1.82) is 0 Å². The molecule has 0 spiro atoms. The molecular weight excluding hydrogens is 503 g/mol. The van der Waals surface area contributed by atoms with Crippen LogP contribution in [0.5, 0.6) is 0 Å². The van der Waals surface area contributed by atoms with E-state index in [9.17, 15) is 71.5 Å². The Hall–Kier alpha value is -1.79. The fourth-order valence-electron chi connectivity index (χ4n) is 1.54. The molecule has 0 aliphatic heterocycles. The third kappa shape index (κ3) is 5.17. The molecule has 31 heavy (non-hydrogen) atoms. The fourth-order valence-corrected chi connectivity index (χ4v) is 2.18. The van der Waals surface area contributed by atoms with Gasteiger partial charge in [0.25, 0.3) is 0 Å². The predicted octanol–water partition coefficient (Wildman–Crippen LogP) is 3.74. The van der Waals surface area contributed by atoms with Crippen molar-refractivity contribution < 1.29 is 81.7 Å². The van der Waals surface area contributed by atoms with Gasteiger partial charge in [-0.2, -0.15) is 57.1 Å². The zero-order valence-electron chi connectivity index (χ0n) is 13.9. The molecule has 2 N–H and O–H groups in total. The van der Waals surface area contributed by atoms with Crippen LogP contribution in [0.1, 0.15) is 12.8 Å². The van der Waals surface area contributed by atoms with Gasteiger partial charge in [-0.05, 0) is 11.8 Å². The average molecular weight is 510 g/mol. The van der Waals surface area contributed by atoms with E-state index in [1.54, 1.807) is 0 Å². The van der Waals surface area contributed by atoms with Crippen molar-refractivity contribution in [1.82, 2.24) is 0 Å². The van der Waals surface area contributed by atoms with E-state index in [1.165, 1.54) is 0 Å². The first kappa shape index (κ1) is 29.2. The maximum atomic E-state index is 13.4. The lowest BCUT2D eigenvalue weighted by Crippen LogP contribution is -2.70. The molecule has 19 heteroatoms. The van der Waals surface area contributed by atoms with E-state index < -0.39 is 82.7 Å². The number of carboxylic acid groups (broad SMARTS) is 1. The Morgan fingerprint density at radius 2 is 1.10 bits per heavy atom. The first-order chi connectivity index (χ1) is 13.4. The number of hydrogen-bond donors (Lipinski definition) is 2. The number of rotatable bonds is 9. The highest BCUT2D eigenvalue weighted by atomic mass is 32.2. The number of halogens is 13. The Kier molecular flexibility index (Phi) is 8.13. The van der Waals surface area contributed by atoms with Crippen LogP contribution in [0.15, 0.2) is 0 Å². The van der Waals surface area contributed by atoms with E-state index in [1.807, 2.05) is 0 Å². The standard InChI is InChI=1S/C12H7F13O5S/c13-7(14,2-1-3(26)31-6(30)4(27)5(28)29)8(15,16)9(17,18)10(19,20)11(21,22)12(23,24)25/h4,27H,1-2H2,(H,28,29). The fraction of sp³-hybridized carbons (Fsp3) is 0.750. The summed E-state index contributed by atoms with van der Waals surface area (Å²) in [5.74, 6) is -40.3. The summed E-state index contributed by atoms with van der Waals surface area (Å²) >= 11 is -0.883. The minimum Gasteiger partial charge on any atom is -0.479 e. The van der Waals surface area contributed by atoms with Gasteiger partial charge in [0.15, 0.2) is 5.12 Å². The molecule has 1 unspecified atom stereocenters. The number of thioether (sulfide) groups is 1. The molecule has 0 amide bonds. The number of aliphatic carboxylic acids is 1. The normalized spacial score (nSPS) is 15.5. The molecule has 5 nitrogen and oxygen atoms in total. The third-order valence-electron chi connectivity index (χ3n) is 3.31. The number of carbonyl (C=O) groups is 3. The first-order valence-corrected chi connectivity index (χ1v) is 7.81. The predicted molar refractivity (Wildman–Crippen MR) is 71.3 cm³/mol. The molecule has 0 aromatic carbocycles. The molecule has 182 valence electrons. The van der Waals surface area contributed by atoms with Gasteiger partial charge in [0.05, 0.1) is 0 Å². The van der Waals surface area contributed by atoms with Crippen molar-refractivity contribution in [3.05, 3.63) is 0 Å². The Labute approximate surface area is 165 Å². The maximum absolute atomic E-state index is 13.4. The topological polar surface area (TPSA) is 91.7 Å². The second-order valence-corrected chi connectivity index (χ2v) is 6.60. The van der Waals surface area contributed by atoms with E-state index in [4.69, 9.17) is 10.2 Å². The third-order valence-corrected chi connectivity index (χ3v) is 4.17. The summed E-state index contributed by atoms with van der Waals surface area (Å²) in [7, 11) is 0. The van der Waals surface area contributed by atoms with Crippen LogP contribution in [-0.2, 0) is 14.4 Å². The molecule has 0 fully saturated rings. The number of carbonyl (C=O) groups excluding carboxylic acids is 2. The van der Waals surface area contributed by atoms with Crippen molar-refractivity contribution in [2.45, 2.75) is 54.7 Å². The summed E-state index contributed by atoms with van der Waals surface area (Å²) < 4.78 is 167. The smallest absolute Gasteiger partial charge is 0.460 e. The van der Waals surface area contributed by atoms with Crippen LogP contribution in [0.3, 0.4) is 0 Å². The van der Waals surface area contributed by atoms with Crippen LogP contribution >= 0.6 is 11.8 Å². The van der Waals surface area contributed by atoms with Crippen LogP contribution in [-0.4, -0.2) is 68.3 Å². The number of aliphatic hydroxyl groups is 1. The largest absolute Gasteiger partial charge is 0.479 e. The highest BCUT2D eigenvalue weighted by Crippen LogP contribution is 2.60. The van der Waals surface area contributed by atoms with Crippen LogP contribution in [0.2, 0.25) is 0 Å². The lowest BCUT2D eigenvalue weighted by Gasteiger charge is -2.39. The molecule has 1 atom stereocenters. The van der Waals surface area contributed by atoms with Gasteiger partial charge >= 0.3 is 41.8 Å². The zero-order chi connectivity index (χ0) is 25.4. The van der Waals surface area contributed by atoms with Gasteiger partial charge in [-0.3, -0.25) is 9.59 Å². The molecule has 0 aliphatic carbocycles. The number of hydrogen-bond acceptors (Lipinski definition) is 5. The van der Waals surface area contributed by atoms with Crippen LogP contribution in [0.4, 0.5) is 57.1 Å². The number of carboxylic acids is 1. The van der Waals surface area contributed by atoms with Crippen molar-refractivity contribution in [2.24, 2.45) is 0 Å². The Morgan fingerprint density at radius 3 is 1.45 bits per heavy atom. The molecule has 0 aromatic heterocycles. The van der Waals surface area contributed by atoms with Crippen molar-refractivity contribution in [3.63, 3.8) is 0 Å². The zero-order valence-corrected chi connectivity index (χ0v) is 14.7. The SMILES string of the molecule is O=C(CCC(F)(F)C(F)(F)C(F)(F)C(F)(F)C(F)(F)C(F)(F)F)SC(=O)C(O)C(=O)O. The molecule has 0 aliphatic rings. The van der Waals surface area contributed by atoms with Crippen LogP contribution < -0.4 is 0 Å². The second-order valence-electron chi connectivity index (χ2n) is 5.53. The molecular formula is C12H7F13O5S. The lowest BCUT2D eigenvalue weighted by atomic mass is 9.92. The van der Waals surface area contributed by atoms with Gasteiger partial charge in [-0.1, -0.05) is 0 Å². The van der Waals surface area contributed by atoms with E-state index in [0.717, 1.165) is 0 Å². The van der Waals surface area contributed by atoms with Gasteiger partial charge in [0.1, 0.15) is 0 Å². The maximum Gasteiger partial charge on any atom is 0.460 e. The number of alkyl halides is 13. The van der Waals surface area contributed by atoms with Crippen LogP contribution in [0, 0.1) is 0 Å². The first-order valence-electron chi connectivity index (χ1n) is 6.99. The Balaban J connectivity index is 5.71. The van der Waals surface area contributed by atoms with Gasteiger partial charge in [0.2, 0.25) is 11.2 Å². The van der Waals surface area contributed by atoms with Crippen molar-refractivity contribution in [2.75, 3.05) is 0 Å². The summed E-state index contributed by atoms with van der Waals surface area (Å²) in [6, 6.07) is 0. The lowest BCUT2D eigenvalue weighted by molar-refractivity contribution is -0.440. The van der Waals surface area contributed by atoms with E-state index in [-0.39, 0.29) is 0 Å². The van der Waals surface area contributed by atoms with E-state index >= 15 is 0 Å². The molecule has 0 rings (SSSR count). The second kappa shape index (κ2) is 8.62. The summed E-state index contributed by atoms with van der Waals surface area (Å²) in [4.78, 5) is 32.3. The van der Waals surface area contributed by atoms with Crippen molar-refractivity contribution >= 4 is 28.0 Å². The minimum absolute atomic E-state index is 0.883. The highest BCUT2D eigenvalue weighted by Gasteiger charge is 2.90. The molecule has 0 radical (unpaired) electrons. The molecule has 0 aromatic rings. The average Bonchev–Trinajstić information content (AvgIpc) is 2.57.